The Kier molecular flexibility index (Phi) is 5.51. The minimum Gasteiger partial charge on any atom is -0.465 e. The zero-order valence-corrected chi connectivity index (χ0v) is 16.3. The smallest absolute Gasteiger partial charge is 0.323 e. The Morgan fingerprint density at radius 1 is 1.15 bits per heavy atom. The largest absolute Gasteiger partial charge is 0.465 e. The van der Waals surface area contributed by atoms with E-state index in [1.165, 1.54) is 0 Å². The molecule has 5 heteroatoms. The first-order valence-electron chi connectivity index (χ1n) is 9.16. The van der Waals surface area contributed by atoms with Gasteiger partial charge in [-0.15, -0.1) is 0 Å². The number of aryl methyl sites for hydroxylation is 2. The van der Waals surface area contributed by atoms with Crippen LogP contribution in [0.1, 0.15) is 23.6 Å². The van der Waals surface area contributed by atoms with Crippen molar-refractivity contribution in [2.45, 2.75) is 33.2 Å². The normalized spacial score (nSPS) is 12.2. The summed E-state index contributed by atoms with van der Waals surface area (Å²) in [5.41, 5.74) is 10.3. The first-order chi connectivity index (χ1) is 12.9. The average Bonchev–Trinajstić information content (AvgIpc) is 2.91. The van der Waals surface area contributed by atoms with E-state index in [9.17, 15) is 4.79 Å². The highest BCUT2D eigenvalue weighted by Gasteiger charge is 2.23. The lowest BCUT2D eigenvalue weighted by Gasteiger charge is -2.15. The highest BCUT2D eigenvalue weighted by molar-refractivity contribution is 5.88. The average molecular weight is 366 g/mol. The fourth-order valence-electron chi connectivity index (χ4n) is 3.27. The van der Waals surface area contributed by atoms with Crippen molar-refractivity contribution in [2.75, 3.05) is 6.61 Å². The SMILES string of the molecule is CCOC(=O)C(N)Cc1c(Oc2cccc(C)c2C)n(C)c2ccccc12. The topological polar surface area (TPSA) is 66.5 Å². The Morgan fingerprint density at radius 3 is 2.63 bits per heavy atom. The van der Waals surface area contributed by atoms with Crippen molar-refractivity contribution in [1.82, 2.24) is 4.57 Å². The molecule has 0 radical (unpaired) electrons. The van der Waals surface area contributed by atoms with Crippen molar-refractivity contribution in [3.05, 3.63) is 59.2 Å². The lowest BCUT2D eigenvalue weighted by atomic mass is 10.0. The number of carbonyl (C=O) groups is 1. The van der Waals surface area contributed by atoms with E-state index in [4.69, 9.17) is 15.2 Å². The van der Waals surface area contributed by atoms with Crippen molar-refractivity contribution < 1.29 is 14.3 Å². The predicted molar refractivity (Wildman–Crippen MR) is 107 cm³/mol. The molecule has 0 saturated carbocycles. The Morgan fingerprint density at radius 2 is 1.89 bits per heavy atom. The van der Waals surface area contributed by atoms with E-state index in [0.717, 1.165) is 33.3 Å². The summed E-state index contributed by atoms with van der Waals surface area (Å²) in [5, 5.41) is 1.03. The molecule has 0 aliphatic carbocycles. The van der Waals surface area contributed by atoms with E-state index in [2.05, 4.69) is 13.0 Å². The standard InChI is InChI=1S/C22H26N2O3/c1-5-26-22(25)18(23)13-17-16-10-6-7-11-19(16)24(4)21(17)27-20-12-8-9-14(2)15(20)3/h6-12,18H,5,13,23H2,1-4H3. The summed E-state index contributed by atoms with van der Waals surface area (Å²) in [4.78, 5) is 12.1. The van der Waals surface area contributed by atoms with Gasteiger partial charge in [-0.2, -0.15) is 0 Å². The quantitative estimate of drug-likeness (QED) is 0.669. The molecule has 1 aromatic heterocycles. The summed E-state index contributed by atoms with van der Waals surface area (Å²) in [6.45, 7) is 6.18. The van der Waals surface area contributed by atoms with E-state index in [-0.39, 0.29) is 0 Å². The van der Waals surface area contributed by atoms with Crippen molar-refractivity contribution in [3.63, 3.8) is 0 Å². The number of nitrogens with zero attached hydrogens (tertiary/aromatic N) is 1. The van der Waals surface area contributed by atoms with Gasteiger partial charge in [-0.05, 0) is 44.0 Å². The summed E-state index contributed by atoms with van der Waals surface area (Å²) in [6.07, 6.45) is 0.348. The number of rotatable bonds is 6. The molecule has 0 spiro atoms. The molecule has 0 bridgehead atoms. The van der Waals surface area contributed by atoms with E-state index < -0.39 is 12.0 Å². The minimum absolute atomic E-state index is 0.313. The third-order valence-corrected chi connectivity index (χ3v) is 4.93. The summed E-state index contributed by atoms with van der Waals surface area (Å²) in [5.74, 6) is 1.10. The monoisotopic (exact) mass is 366 g/mol. The number of hydrogen-bond donors (Lipinski definition) is 1. The van der Waals surface area contributed by atoms with Gasteiger partial charge >= 0.3 is 5.97 Å². The van der Waals surface area contributed by atoms with Crippen molar-refractivity contribution in [3.8, 4) is 11.6 Å². The third kappa shape index (κ3) is 3.69. The molecule has 2 aromatic carbocycles. The molecular weight excluding hydrogens is 340 g/mol. The number of hydrogen-bond acceptors (Lipinski definition) is 4. The molecular formula is C22H26N2O3. The van der Waals surface area contributed by atoms with E-state index in [1.54, 1.807) is 6.92 Å². The Labute approximate surface area is 159 Å². The first kappa shape index (κ1) is 19.0. The molecule has 142 valence electrons. The van der Waals surface area contributed by atoms with Crippen LogP contribution in [-0.2, 0) is 23.0 Å². The van der Waals surface area contributed by atoms with E-state index >= 15 is 0 Å². The van der Waals surface area contributed by atoms with Gasteiger partial charge in [-0.25, -0.2) is 0 Å². The highest BCUT2D eigenvalue weighted by atomic mass is 16.5. The minimum atomic E-state index is -0.739. The highest BCUT2D eigenvalue weighted by Crippen LogP contribution is 2.36. The first-order valence-corrected chi connectivity index (χ1v) is 9.16. The van der Waals surface area contributed by atoms with Crippen LogP contribution < -0.4 is 10.5 Å². The molecule has 3 rings (SSSR count). The summed E-state index contributed by atoms with van der Waals surface area (Å²) in [6, 6.07) is 13.3. The Bertz CT molecular complexity index is 975. The molecule has 1 unspecified atom stereocenters. The number of esters is 1. The van der Waals surface area contributed by atoms with Gasteiger partial charge in [0.25, 0.3) is 0 Å². The second-order valence-electron chi connectivity index (χ2n) is 6.72. The molecule has 0 aliphatic heterocycles. The van der Waals surface area contributed by atoms with Crippen LogP contribution in [0.5, 0.6) is 11.6 Å². The number of carbonyl (C=O) groups excluding carboxylic acids is 1. The Balaban J connectivity index is 2.07. The molecule has 0 amide bonds. The number of fused-ring (bicyclic) bond motifs is 1. The second-order valence-corrected chi connectivity index (χ2v) is 6.72. The second kappa shape index (κ2) is 7.84. The van der Waals surface area contributed by atoms with E-state index in [0.29, 0.717) is 18.9 Å². The maximum atomic E-state index is 12.1. The molecule has 0 fully saturated rings. The fraction of sp³-hybridized carbons (Fsp3) is 0.318. The van der Waals surface area contributed by atoms with Gasteiger partial charge in [0.05, 0.1) is 12.1 Å². The number of ether oxygens (including phenoxy) is 2. The van der Waals surface area contributed by atoms with Crippen molar-refractivity contribution in [1.29, 1.82) is 0 Å². The number of nitrogens with two attached hydrogens (primary N) is 1. The van der Waals surface area contributed by atoms with Gasteiger partial charge in [-0.1, -0.05) is 30.3 Å². The van der Waals surface area contributed by atoms with Crippen LogP contribution in [0.25, 0.3) is 10.9 Å². The molecule has 1 atom stereocenters. The zero-order valence-electron chi connectivity index (χ0n) is 16.3. The summed E-state index contributed by atoms with van der Waals surface area (Å²) >= 11 is 0. The van der Waals surface area contributed by atoms with Crippen LogP contribution in [-0.4, -0.2) is 23.2 Å². The maximum absolute atomic E-state index is 12.1. The van der Waals surface area contributed by atoms with Crippen LogP contribution >= 0.6 is 0 Å². The van der Waals surface area contributed by atoms with Gasteiger partial charge in [0, 0.05) is 24.4 Å². The van der Waals surface area contributed by atoms with Gasteiger partial charge in [0.15, 0.2) is 0 Å². The molecule has 2 N–H and O–H groups in total. The third-order valence-electron chi connectivity index (χ3n) is 4.93. The number of aromatic nitrogens is 1. The molecule has 0 saturated heterocycles. The van der Waals surface area contributed by atoms with Crippen LogP contribution in [0.15, 0.2) is 42.5 Å². The predicted octanol–water partition coefficient (Wildman–Crippen LogP) is 4.02. The summed E-state index contributed by atoms with van der Waals surface area (Å²) in [7, 11) is 1.96. The van der Waals surface area contributed by atoms with Crippen molar-refractivity contribution >= 4 is 16.9 Å². The van der Waals surface area contributed by atoms with Gasteiger partial charge in [0.1, 0.15) is 11.8 Å². The molecule has 27 heavy (non-hydrogen) atoms. The Hall–Kier alpha value is -2.79. The van der Waals surface area contributed by atoms with Gasteiger partial charge < -0.3 is 19.8 Å². The zero-order chi connectivity index (χ0) is 19.6. The lowest BCUT2D eigenvalue weighted by Crippen LogP contribution is -2.34. The lowest BCUT2D eigenvalue weighted by molar-refractivity contribution is -0.144. The summed E-state index contributed by atoms with van der Waals surface area (Å²) < 4.78 is 13.4. The maximum Gasteiger partial charge on any atom is 0.323 e. The van der Waals surface area contributed by atoms with Gasteiger partial charge in [0.2, 0.25) is 5.88 Å². The number of para-hydroxylation sites is 1. The van der Waals surface area contributed by atoms with Crippen LogP contribution in [0.3, 0.4) is 0 Å². The van der Waals surface area contributed by atoms with Crippen LogP contribution in [0.4, 0.5) is 0 Å². The fourth-order valence-corrected chi connectivity index (χ4v) is 3.27. The molecule has 1 heterocycles. The van der Waals surface area contributed by atoms with Crippen LogP contribution in [0.2, 0.25) is 0 Å². The molecule has 3 aromatic rings. The van der Waals surface area contributed by atoms with Crippen molar-refractivity contribution in [2.24, 2.45) is 12.8 Å². The molecule has 5 nitrogen and oxygen atoms in total. The van der Waals surface area contributed by atoms with E-state index in [1.807, 2.05) is 54.9 Å². The van der Waals surface area contributed by atoms with Crippen LogP contribution in [0, 0.1) is 13.8 Å². The van der Waals surface area contributed by atoms with Gasteiger partial charge in [-0.3, -0.25) is 4.79 Å². The number of benzene rings is 2. The molecule has 0 aliphatic rings.